The van der Waals surface area contributed by atoms with Crippen LogP contribution in [0, 0.1) is 0 Å². The lowest BCUT2D eigenvalue weighted by atomic mass is 9.95. The maximum Gasteiger partial charge on any atom is 0.230 e. The Labute approximate surface area is 146 Å². The van der Waals surface area contributed by atoms with Crippen molar-refractivity contribution >= 4 is 29.8 Å². The van der Waals surface area contributed by atoms with Gasteiger partial charge in [0.2, 0.25) is 11.1 Å². The van der Waals surface area contributed by atoms with Gasteiger partial charge in [0.25, 0.3) is 0 Å². The highest BCUT2D eigenvalue weighted by Gasteiger charge is 2.16. The van der Waals surface area contributed by atoms with Crippen LogP contribution in [0.4, 0.5) is 0 Å². The van der Waals surface area contributed by atoms with Gasteiger partial charge in [0.1, 0.15) is 5.82 Å². The first-order chi connectivity index (χ1) is 11.8. The molecule has 1 aliphatic carbocycles. The molecule has 2 aromatic rings. The van der Waals surface area contributed by atoms with Crippen LogP contribution in [0.1, 0.15) is 43.5 Å². The van der Waals surface area contributed by atoms with Gasteiger partial charge in [0.05, 0.1) is 5.75 Å². The van der Waals surface area contributed by atoms with E-state index in [2.05, 4.69) is 20.5 Å². The Hall–Kier alpha value is -2.08. The standard InChI is InChI=1S/C18H22N4OS/c23-17(19-15-9-5-2-6-10-15)13-24-18-20-16(21-22-18)12-11-14-7-3-1-4-8-14/h1,3-4,7-8,11-12,15H,2,5-6,9-10,13H2,(H,19,23)(H,20,21,22)/b12-11+. The van der Waals surface area contributed by atoms with Gasteiger partial charge >= 0.3 is 0 Å². The van der Waals surface area contributed by atoms with E-state index in [0.29, 0.717) is 22.8 Å². The molecule has 5 nitrogen and oxygen atoms in total. The Morgan fingerprint density at radius 2 is 2.00 bits per heavy atom. The molecule has 1 amide bonds. The number of rotatable bonds is 6. The van der Waals surface area contributed by atoms with Crippen LogP contribution >= 0.6 is 11.8 Å². The van der Waals surface area contributed by atoms with Crippen molar-refractivity contribution in [2.45, 2.75) is 43.3 Å². The number of hydrogen-bond acceptors (Lipinski definition) is 4. The third-order valence-corrected chi connectivity index (χ3v) is 4.87. The molecule has 1 aromatic carbocycles. The number of H-pyrrole nitrogens is 1. The molecule has 6 heteroatoms. The van der Waals surface area contributed by atoms with Gasteiger partial charge in [-0.1, -0.05) is 67.4 Å². The van der Waals surface area contributed by atoms with Crippen molar-refractivity contribution in [3.63, 3.8) is 0 Å². The minimum atomic E-state index is 0.0677. The van der Waals surface area contributed by atoms with Crippen molar-refractivity contribution in [2.75, 3.05) is 5.75 Å². The number of carbonyl (C=O) groups is 1. The molecule has 0 saturated heterocycles. The van der Waals surface area contributed by atoms with E-state index in [1.165, 1.54) is 31.0 Å². The Morgan fingerprint density at radius 1 is 1.21 bits per heavy atom. The SMILES string of the molecule is O=C(CSc1n[nH]c(/C=C/c2ccccc2)n1)NC1CCCCC1. The number of carbonyl (C=O) groups excluding carboxylic acids is 1. The lowest BCUT2D eigenvalue weighted by Crippen LogP contribution is -2.37. The van der Waals surface area contributed by atoms with Crippen molar-refractivity contribution in [3.05, 3.63) is 41.7 Å². The predicted molar refractivity (Wildman–Crippen MR) is 97.5 cm³/mol. The number of benzene rings is 1. The molecular weight excluding hydrogens is 320 g/mol. The van der Waals surface area contributed by atoms with Crippen LogP contribution < -0.4 is 5.32 Å². The van der Waals surface area contributed by atoms with Crippen molar-refractivity contribution < 1.29 is 4.79 Å². The van der Waals surface area contributed by atoms with E-state index in [9.17, 15) is 4.79 Å². The molecule has 1 fully saturated rings. The van der Waals surface area contributed by atoms with Crippen molar-refractivity contribution in [3.8, 4) is 0 Å². The first-order valence-corrected chi connectivity index (χ1v) is 9.36. The average Bonchev–Trinajstić information content (AvgIpc) is 3.08. The molecule has 1 saturated carbocycles. The van der Waals surface area contributed by atoms with E-state index in [1.54, 1.807) is 0 Å². The minimum absolute atomic E-state index is 0.0677. The number of nitrogens with zero attached hydrogens (tertiary/aromatic N) is 2. The van der Waals surface area contributed by atoms with Crippen molar-refractivity contribution in [1.29, 1.82) is 0 Å². The van der Waals surface area contributed by atoms with Crippen LogP contribution in [0.25, 0.3) is 12.2 Å². The molecule has 3 rings (SSSR count). The predicted octanol–water partition coefficient (Wildman–Crippen LogP) is 3.52. The first-order valence-electron chi connectivity index (χ1n) is 8.37. The van der Waals surface area contributed by atoms with E-state index in [0.717, 1.165) is 18.4 Å². The van der Waals surface area contributed by atoms with E-state index < -0.39 is 0 Å². The summed E-state index contributed by atoms with van der Waals surface area (Å²) < 4.78 is 0. The summed E-state index contributed by atoms with van der Waals surface area (Å²) in [5.74, 6) is 1.11. The van der Waals surface area contributed by atoms with Crippen LogP contribution in [-0.4, -0.2) is 32.9 Å². The monoisotopic (exact) mass is 342 g/mol. The molecule has 126 valence electrons. The van der Waals surface area contributed by atoms with E-state index in [-0.39, 0.29) is 5.91 Å². The second-order valence-corrected chi connectivity index (χ2v) is 6.88. The Kier molecular flexibility index (Phi) is 6.07. The van der Waals surface area contributed by atoms with E-state index in [1.807, 2.05) is 42.5 Å². The van der Waals surface area contributed by atoms with Crippen molar-refractivity contribution in [2.24, 2.45) is 0 Å². The highest BCUT2D eigenvalue weighted by molar-refractivity contribution is 7.99. The number of amides is 1. The summed E-state index contributed by atoms with van der Waals surface area (Å²) >= 11 is 1.36. The second-order valence-electron chi connectivity index (χ2n) is 5.94. The molecule has 0 spiro atoms. The number of aromatic amines is 1. The number of hydrogen-bond donors (Lipinski definition) is 2. The fourth-order valence-electron chi connectivity index (χ4n) is 2.78. The summed E-state index contributed by atoms with van der Waals surface area (Å²) in [5, 5.41) is 10.7. The molecule has 0 radical (unpaired) electrons. The van der Waals surface area contributed by atoms with Gasteiger partial charge in [-0.3, -0.25) is 9.89 Å². The maximum atomic E-state index is 12.0. The lowest BCUT2D eigenvalue weighted by Gasteiger charge is -2.22. The maximum absolute atomic E-state index is 12.0. The van der Waals surface area contributed by atoms with Gasteiger partial charge < -0.3 is 5.32 Å². The summed E-state index contributed by atoms with van der Waals surface area (Å²) in [4.78, 5) is 16.4. The molecule has 0 aliphatic heterocycles. The Balaban J connectivity index is 1.45. The topological polar surface area (TPSA) is 70.7 Å². The average molecular weight is 342 g/mol. The fraction of sp³-hybridized carbons (Fsp3) is 0.389. The Morgan fingerprint density at radius 3 is 2.79 bits per heavy atom. The summed E-state index contributed by atoms with van der Waals surface area (Å²) in [6.07, 6.45) is 9.79. The zero-order valence-corrected chi connectivity index (χ0v) is 14.4. The van der Waals surface area contributed by atoms with Gasteiger partial charge in [0.15, 0.2) is 0 Å². The summed E-state index contributed by atoms with van der Waals surface area (Å²) in [6.45, 7) is 0. The van der Waals surface area contributed by atoms with Crippen LogP contribution in [0.2, 0.25) is 0 Å². The normalized spacial score (nSPS) is 15.7. The summed E-state index contributed by atoms with van der Waals surface area (Å²) in [5.41, 5.74) is 1.11. The fourth-order valence-corrected chi connectivity index (χ4v) is 3.40. The molecule has 1 aromatic heterocycles. The van der Waals surface area contributed by atoms with E-state index >= 15 is 0 Å². The number of thioether (sulfide) groups is 1. The quantitative estimate of drug-likeness (QED) is 0.788. The molecule has 24 heavy (non-hydrogen) atoms. The highest BCUT2D eigenvalue weighted by Crippen LogP contribution is 2.18. The molecule has 0 unspecified atom stereocenters. The number of nitrogens with one attached hydrogen (secondary N) is 2. The third kappa shape index (κ3) is 5.23. The molecule has 0 bridgehead atoms. The van der Waals surface area contributed by atoms with Gasteiger partial charge in [-0.2, -0.15) is 0 Å². The van der Waals surface area contributed by atoms with Gasteiger partial charge in [-0.25, -0.2) is 4.98 Å². The molecule has 1 heterocycles. The van der Waals surface area contributed by atoms with Gasteiger partial charge in [-0.05, 0) is 24.5 Å². The molecule has 0 atom stereocenters. The molecule has 2 N–H and O–H groups in total. The van der Waals surface area contributed by atoms with E-state index in [4.69, 9.17) is 0 Å². The smallest absolute Gasteiger partial charge is 0.230 e. The molecule has 1 aliphatic rings. The zero-order valence-electron chi connectivity index (χ0n) is 13.6. The third-order valence-electron chi connectivity index (χ3n) is 4.02. The number of aromatic nitrogens is 3. The largest absolute Gasteiger partial charge is 0.353 e. The highest BCUT2D eigenvalue weighted by atomic mass is 32.2. The van der Waals surface area contributed by atoms with Crippen LogP contribution in [-0.2, 0) is 4.79 Å². The first kappa shape index (κ1) is 16.8. The van der Waals surface area contributed by atoms with Crippen LogP contribution in [0.3, 0.4) is 0 Å². The summed E-state index contributed by atoms with van der Waals surface area (Å²) in [7, 11) is 0. The van der Waals surface area contributed by atoms with Crippen LogP contribution in [0.15, 0.2) is 35.5 Å². The summed E-state index contributed by atoms with van der Waals surface area (Å²) in [6, 6.07) is 10.4. The second kappa shape index (κ2) is 8.68. The zero-order chi connectivity index (χ0) is 16.6. The lowest BCUT2D eigenvalue weighted by molar-refractivity contribution is -0.119. The Bertz CT molecular complexity index is 677. The molecular formula is C18H22N4OS. The van der Waals surface area contributed by atoms with Crippen molar-refractivity contribution in [1.82, 2.24) is 20.5 Å². The minimum Gasteiger partial charge on any atom is -0.353 e. The van der Waals surface area contributed by atoms with Crippen LogP contribution in [0.5, 0.6) is 0 Å². The van der Waals surface area contributed by atoms with Gasteiger partial charge in [0, 0.05) is 6.04 Å². The van der Waals surface area contributed by atoms with Gasteiger partial charge in [-0.15, -0.1) is 5.10 Å².